The van der Waals surface area contributed by atoms with Gasteiger partial charge in [-0.15, -0.1) is 0 Å². The summed E-state index contributed by atoms with van der Waals surface area (Å²) in [6.07, 6.45) is -3.94. The van der Waals surface area contributed by atoms with E-state index < -0.39 is 30.1 Å². The molecule has 0 heterocycles. The van der Waals surface area contributed by atoms with Gasteiger partial charge in [-0.2, -0.15) is 18.4 Å². The number of carboxylic acids is 1. The van der Waals surface area contributed by atoms with Crippen LogP contribution in [-0.2, 0) is 4.79 Å². The van der Waals surface area contributed by atoms with E-state index >= 15 is 0 Å². The van der Waals surface area contributed by atoms with Gasteiger partial charge in [-0.3, -0.25) is 4.79 Å². The fourth-order valence-electron chi connectivity index (χ4n) is 1.33. The Balaban J connectivity index is 4.62. The number of carbonyl (C=O) groups is 1. The van der Waals surface area contributed by atoms with Crippen molar-refractivity contribution in [3.8, 4) is 6.07 Å². The van der Waals surface area contributed by atoms with Gasteiger partial charge >= 0.3 is 12.1 Å². The van der Waals surface area contributed by atoms with Gasteiger partial charge in [-0.05, 0) is 13.3 Å². The normalized spacial score (nSPS) is 16.9. The lowest BCUT2D eigenvalue weighted by Crippen LogP contribution is -2.52. The zero-order chi connectivity index (χ0) is 13.7. The van der Waals surface area contributed by atoms with Crippen LogP contribution in [0, 0.1) is 17.2 Å². The number of halogens is 3. The molecule has 0 aromatic rings. The van der Waals surface area contributed by atoms with E-state index in [9.17, 15) is 18.0 Å². The second-order valence-electron chi connectivity index (χ2n) is 3.99. The molecule has 17 heavy (non-hydrogen) atoms. The lowest BCUT2D eigenvalue weighted by molar-refractivity contribution is -0.161. The Labute approximate surface area is 97.4 Å². The van der Waals surface area contributed by atoms with Crippen LogP contribution < -0.4 is 5.32 Å². The molecule has 2 N–H and O–H groups in total. The molecule has 0 aromatic carbocycles. The quantitative estimate of drug-likeness (QED) is 0.757. The summed E-state index contributed by atoms with van der Waals surface area (Å²) in [5, 5.41) is 19.6. The molecule has 0 bridgehead atoms. The van der Waals surface area contributed by atoms with Gasteiger partial charge in [0.25, 0.3) is 0 Å². The Morgan fingerprint density at radius 3 is 2.35 bits per heavy atom. The van der Waals surface area contributed by atoms with Crippen LogP contribution in [-0.4, -0.2) is 29.3 Å². The summed E-state index contributed by atoms with van der Waals surface area (Å²) in [6.45, 7) is 2.32. The van der Waals surface area contributed by atoms with Crippen molar-refractivity contribution in [2.24, 2.45) is 5.92 Å². The zero-order valence-electron chi connectivity index (χ0n) is 9.64. The third-order valence-electron chi connectivity index (χ3n) is 2.47. The van der Waals surface area contributed by atoms with E-state index in [2.05, 4.69) is 5.32 Å². The van der Waals surface area contributed by atoms with Crippen molar-refractivity contribution < 1.29 is 23.1 Å². The minimum absolute atomic E-state index is 0.193. The predicted octanol–water partition coefficient (Wildman–Crippen LogP) is 1.92. The summed E-state index contributed by atoms with van der Waals surface area (Å²) in [5.74, 6) is -3.42. The Kier molecular flexibility index (Phi) is 5.42. The Morgan fingerprint density at radius 1 is 1.53 bits per heavy atom. The molecular formula is C10H15F3N2O2. The van der Waals surface area contributed by atoms with Crippen LogP contribution in [0.4, 0.5) is 13.2 Å². The Bertz CT molecular complexity index is 312. The maximum atomic E-state index is 12.3. The van der Waals surface area contributed by atoms with Crippen LogP contribution in [0.25, 0.3) is 0 Å². The average Bonchev–Trinajstić information content (AvgIpc) is 2.16. The minimum atomic E-state index is -4.65. The summed E-state index contributed by atoms with van der Waals surface area (Å²) < 4.78 is 36.8. The molecule has 7 heteroatoms. The lowest BCUT2D eigenvalue weighted by atomic mass is 9.95. The second-order valence-corrected chi connectivity index (χ2v) is 3.99. The highest BCUT2D eigenvalue weighted by atomic mass is 19.4. The van der Waals surface area contributed by atoms with Crippen LogP contribution in [0.15, 0.2) is 0 Å². The number of nitrogens with one attached hydrogen (secondary N) is 1. The number of aliphatic carboxylic acids is 1. The Morgan fingerprint density at radius 2 is 2.06 bits per heavy atom. The molecule has 0 aromatic heterocycles. The van der Waals surface area contributed by atoms with Crippen LogP contribution in [0.5, 0.6) is 0 Å². The predicted molar refractivity (Wildman–Crippen MR) is 54.1 cm³/mol. The number of nitrogens with zero attached hydrogens (tertiary/aromatic N) is 1. The minimum Gasteiger partial charge on any atom is -0.480 e. The van der Waals surface area contributed by atoms with Crippen molar-refractivity contribution in [1.82, 2.24) is 5.32 Å². The summed E-state index contributed by atoms with van der Waals surface area (Å²) in [7, 11) is 0. The van der Waals surface area contributed by atoms with E-state index in [1.165, 1.54) is 6.92 Å². The van der Waals surface area contributed by atoms with Crippen molar-refractivity contribution >= 4 is 5.97 Å². The molecule has 4 nitrogen and oxygen atoms in total. The molecule has 2 atom stereocenters. The topological polar surface area (TPSA) is 73.1 Å². The highest BCUT2D eigenvalue weighted by Crippen LogP contribution is 2.26. The highest BCUT2D eigenvalue weighted by molar-refractivity contribution is 5.78. The summed E-state index contributed by atoms with van der Waals surface area (Å²) in [6, 6.07) is 1.12. The molecule has 0 radical (unpaired) electrons. The zero-order valence-corrected chi connectivity index (χ0v) is 9.64. The van der Waals surface area contributed by atoms with Gasteiger partial charge in [-0.25, -0.2) is 0 Å². The highest BCUT2D eigenvalue weighted by Gasteiger charge is 2.42. The summed E-state index contributed by atoms with van der Waals surface area (Å²) in [5.41, 5.74) is -1.44. The van der Waals surface area contributed by atoms with Crippen LogP contribution >= 0.6 is 0 Å². The van der Waals surface area contributed by atoms with Crippen molar-refractivity contribution in [3.63, 3.8) is 0 Å². The molecule has 98 valence electrons. The van der Waals surface area contributed by atoms with Crippen molar-refractivity contribution in [3.05, 3.63) is 0 Å². The molecule has 0 spiro atoms. The molecule has 0 fully saturated rings. The number of rotatable bonds is 6. The van der Waals surface area contributed by atoms with E-state index in [0.29, 0.717) is 6.42 Å². The van der Waals surface area contributed by atoms with Crippen molar-refractivity contribution in [2.75, 3.05) is 6.54 Å². The van der Waals surface area contributed by atoms with Crippen molar-refractivity contribution in [1.29, 1.82) is 5.26 Å². The van der Waals surface area contributed by atoms with E-state index in [1.807, 2.05) is 0 Å². The number of hydrogen-bond donors (Lipinski definition) is 2. The first kappa shape index (κ1) is 15.7. The fourth-order valence-corrected chi connectivity index (χ4v) is 1.33. The number of carboxylic acid groups (broad SMARTS) is 1. The first-order chi connectivity index (χ1) is 7.67. The monoisotopic (exact) mass is 252 g/mol. The average molecular weight is 252 g/mol. The van der Waals surface area contributed by atoms with Gasteiger partial charge in [-0.1, -0.05) is 13.3 Å². The largest absolute Gasteiger partial charge is 0.480 e. The first-order valence-corrected chi connectivity index (χ1v) is 5.12. The van der Waals surface area contributed by atoms with Gasteiger partial charge in [0.05, 0.1) is 6.07 Å². The smallest absolute Gasteiger partial charge is 0.405 e. The van der Waals surface area contributed by atoms with E-state index in [0.717, 1.165) is 6.07 Å². The van der Waals surface area contributed by atoms with Gasteiger partial charge in [0, 0.05) is 6.54 Å². The number of alkyl halides is 3. The third kappa shape index (κ3) is 4.61. The molecular weight excluding hydrogens is 237 g/mol. The van der Waals surface area contributed by atoms with E-state index in [1.54, 1.807) is 6.92 Å². The van der Waals surface area contributed by atoms with Gasteiger partial charge < -0.3 is 10.4 Å². The second kappa shape index (κ2) is 5.87. The lowest BCUT2D eigenvalue weighted by Gasteiger charge is -2.27. The van der Waals surface area contributed by atoms with Gasteiger partial charge in [0.1, 0.15) is 5.54 Å². The number of nitriles is 1. The number of hydrogen-bond acceptors (Lipinski definition) is 3. The van der Waals surface area contributed by atoms with Crippen molar-refractivity contribution in [2.45, 2.75) is 38.4 Å². The fraction of sp³-hybridized carbons (Fsp3) is 0.800. The molecule has 0 amide bonds. The SMILES string of the molecule is CCCC(C)(NCC(C#N)C(F)(F)F)C(=O)O. The van der Waals surface area contributed by atoms with Crippen LogP contribution in [0.2, 0.25) is 0 Å². The maximum Gasteiger partial charge on any atom is 0.405 e. The molecule has 2 unspecified atom stereocenters. The molecule has 0 aliphatic carbocycles. The first-order valence-electron chi connectivity index (χ1n) is 5.12. The summed E-state index contributed by atoms with van der Waals surface area (Å²) in [4.78, 5) is 10.9. The van der Waals surface area contributed by atoms with Crippen LogP contribution in [0.3, 0.4) is 0 Å². The Hall–Kier alpha value is -1.29. The van der Waals surface area contributed by atoms with Gasteiger partial charge in [0.2, 0.25) is 0 Å². The van der Waals surface area contributed by atoms with E-state index in [4.69, 9.17) is 10.4 Å². The maximum absolute atomic E-state index is 12.3. The van der Waals surface area contributed by atoms with Gasteiger partial charge in [0.15, 0.2) is 5.92 Å². The van der Waals surface area contributed by atoms with Crippen LogP contribution in [0.1, 0.15) is 26.7 Å². The molecule has 0 aliphatic heterocycles. The summed E-state index contributed by atoms with van der Waals surface area (Å²) >= 11 is 0. The molecule has 0 saturated carbocycles. The van der Waals surface area contributed by atoms with E-state index in [-0.39, 0.29) is 6.42 Å². The molecule has 0 saturated heterocycles. The standard InChI is InChI=1S/C10H15F3N2O2/c1-3-4-9(2,8(16)17)15-6-7(5-14)10(11,12)13/h7,15H,3-4,6H2,1-2H3,(H,16,17). The molecule has 0 rings (SSSR count). The molecule has 0 aliphatic rings. The third-order valence-corrected chi connectivity index (χ3v) is 2.47.